The fraction of sp³-hybridized carbons (Fsp3) is 0.457. The van der Waals surface area contributed by atoms with Gasteiger partial charge in [-0.25, -0.2) is 28.1 Å². The second kappa shape index (κ2) is 13.0. The lowest BCUT2D eigenvalue weighted by Crippen LogP contribution is -2.47. The number of amides is 2. The first-order valence-corrected chi connectivity index (χ1v) is 18.7. The Labute approximate surface area is 297 Å². The number of carbonyl (C=O) groups excluding carboxylic acids is 3. The first-order valence-electron chi connectivity index (χ1n) is 17.0. The van der Waals surface area contributed by atoms with Gasteiger partial charge in [-0.1, -0.05) is 12.5 Å². The van der Waals surface area contributed by atoms with Crippen molar-refractivity contribution in [3.8, 4) is 11.1 Å². The minimum atomic E-state index is -4.74. The molecule has 4 aromatic rings. The summed E-state index contributed by atoms with van der Waals surface area (Å²) >= 11 is 0. The van der Waals surface area contributed by atoms with Gasteiger partial charge in [-0.2, -0.15) is 18.3 Å². The number of pyridine rings is 1. The van der Waals surface area contributed by atoms with E-state index in [9.17, 15) is 36.0 Å². The van der Waals surface area contributed by atoms with Crippen LogP contribution in [0.2, 0.25) is 0 Å². The van der Waals surface area contributed by atoms with Crippen molar-refractivity contribution in [2.75, 3.05) is 17.6 Å². The average molecular weight is 739 g/mol. The topological polar surface area (TPSA) is 169 Å². The number of anilines is 1. The second-order valence-corrected chi connectivity index (χ2v) is 15.9. The Balaban J connectivity index is 1.29. The van der Waals surface area contributed by atoms with Crippen LogP contribution >= 0.6 is 0 Å². The first-order chi connectivity index (χ1) is 24.5. The van der Waals surface area contributed by atoms with E-state index in [-0.39, 0.29) is 42.6 Å². The quantitative estimate of drug-likeness (QED) is 0.289. The largest absolute Gasteiger partial charge is 0.433 e. The number of hydrogen-bond donors (Lipinski definition) is 2. The molecule has 274 valence electrons. The number of Topliss-reactive ketones (excluding diaryl/α,β-unsaturated/α-hetero) is 1. The molecule has 0 spiro atoms. The van der Waals surface area contributed by atoms with Gasteiger partial charge in [0, 0.05) is 48.3 Å². The van der Waals surface area contributed by atoms with E-state index in [1.54, 1.807) is 19.3 Å². The summed E-state index contributed by atoms with van der Waals surface area (Å²) in [6.07, 6.45) is 1.24. The minimum absolute atomic E-state index is 0.00321. The molecule has 1 aliphatic carbocycles. The summed E-state index contributed by atoms with van der Waals surface area (Å²) in [5.74, 6) is -1.36. The maximum Gasteiger partial charge on any atom is 0.433 e. The van der Waals surface area contributed by atoms with Gasteiger partial charge < -0.3 is 10.2 Å². The third-order valence-electron chi connectivity index (χ3n) is 10.3. The smallest absolute Gasteiger partial charge is 0.325 e. The number of benzene rings is 1. The van der Waals surface area contributed by atoms with Crippen LogP contribution in [-0.4, -0.2) is 80.0 Å². The van der Waals surface area contributed by atoms with Crippen LogP contribution in [-0.2, 0) is 38.8 Å². The number of piperidine rings is 1. The molecule has 5 heterocycles. The highest BCUT2D eigenvalue weighted by Crippen LogP contribution is 2.59. The standard InChI is InChI=1S/C35H37F3N8O5S/c1-19-8-9-27(35(36,37)38)42-32(19)43-33(49)26-13-34-14-28(34)46(26)29(48)17-45-31-22(7-5-4-6-10-52(50,51)41-18-34)11-23(24-15-39-21(3)40-16-24)12-25(31)30(44-45)20(2)47/h8-9,11-12,15-16,26,28,41H,4-7,10,13-14,17-18H2,1-3H3,(H,42,43,49)/t26-,28+,34-/m0/s1. The van der Waals surface area contributed by atoms with Crippen LogP contribution in [0.4, 0.5) is 19.0 Å². The van der Waals surface area contributed by atoms with Crippen molar-refractivity contribution in [1.82, 2.24) is 34.4 Å². The molecular weight excluding hydrogens is 701 g/mol. The van der Waals surface area contributed by atoms with Crippen LogP contribution in [0, 0.1) is 19.3 Å². The zero-order valence-corrected chi connectivity index (χ0v) is 29.6. The molecule has 1 saturated carbocycles. The van der Waals surface area contributed by atoms with Crippen molar-refractivity contribution in [2.45, 2.75) is 84.1 Å². The summed E-state index contributed by atoms with van der Waals surface area (Å²) in [6.45, 7) is 4.33. The van der Waals surface area contributed by atoms with Crippen LogP contribution in [0.3, 0.4) is 0 Å². The molecule has 2 N–H and O–H groups in total. The number of carbonyl (C=O) groups is 3. The molecule has 2 aliphatic heterocycles. The second-order valence-electron chi connectivity index (χ2n) is 14.0. The van der Waals surface area contributed by atoms with E-state index in [1.165, 1.54) is 29.5 Å². The highest BCUT2D eigenvalue weighted by Gasteiger charge is 2.67. The summed E-state index contributed by atoms with van der Waals surface area (Å²) in [6, 6.07) is 4.13. The van der Waals surface area contributed by atoms with Gasteiger partial charge >= 0.3 is 6.18 Å². The van der Waals surface area contributed by atoms with Crippen molar-refractivity contribution < 1.29 is 36.0 Å². The average Bonchev–Trinajstić information content (AvgIpc) is 3.49. The molecule has 52 heavy (non-hydrogen) atoms. The molecule has 2 amide bonds. The molecule has 0 radical (unpaired) electrons. The normalized spacial score (nSPS) is 23.3. The summed E-state index contributed by atoms with van der Waals surface area (Å²) in [7, 11) is -3.69. The third kappa shape index (κ3) is 6.78. The summed E-state index contributed by atoms with van der Waals surface area (Å²) in [5, 5.41) is 7.66. The number of aryl methyl sites for hydroxylation is 3. The molecule has 1 saturated heterocycles. The molecule has 3 atom stereocenters. The Morgan fingerprint density at radius 3 is 2.50 bits per heavy atom. The van der Waals surface area contributed by atoms with Gasteiger partial charge in [0.1, 0.15) is 35.6 Å². The lowest BCUT2D eigenvalue weighted by molar-refractivity contribution is -0.141. The number of rotatable bonds is 4. The van der Waals surface area contributed by atoms with E-state index < -0.39 is 51.2 Å². The number of ketones is 1. The van der Waals surface area contributed by atoms with E-state index in [2.05, 4.69) is 30.1 Å². The number of halogens is 3. The van der Waals surface area contributed by atoms with E-state index >= 15 is 0 Å². The number of alkyl halides is 3. The van der Waals surface area contributed by atoms with E-state index in [4.69, 9.17) is 0 Å². The zero-order valence-electron chi connectivity index (χ0n) is 28.7. The molecule has 3 aromatic heterocycles. The molecule has 2 bridgehead atoms. The molecule has 7 rings (SSSR count). The minimum Gasteiger partial charge on any atom is -0.325 e. The van der Waals surface area contributed by atoms with Gasteiger partial charge in [-0.05, 0) is 80.8 Å². The predicted octanol–water partition coefficient (Wildman–Crippen LogP) is 4.37. The zero-order chi connectivity index (χ0) is 37.2. The Kier molecular flexibility index (Phi) is 8.92. The summed E-state index contributed by atoms with van der Waals surface area (Å²) in [4.78, 5) is 54.9. The Morgan fingerprint density at radius 1 is 1.04 bits per heavy atom. The van der Waals surface area contributed by atoms with E-state index in [0.29, 0.717) is 60.0 Å². The number of nitrogens with zero attached hydrogens (tertiary/aromatic N) is 6. The lowest BCUT2D eigenvalue weighted by Gasteiger charge is -2.27. The van der Waals surface area contributed by atoms with Gasteiger partial charge in [-0.3, -0.25) is 19.1 Å². The molecule has 13 nitrogen and oxygen atoms in total. The van der Waals surface area contributed by atoms with E-state index in [0.717, 1.165) is 17.2 Å². The van der Waals surface area contributed by atoms with Crippen molar-refractivity contribution in [1.29, 1.82) is 0 Å². The monoisotopic (exact) mass is 738 g/mol. The van der Waals surface area contributed by atoms with Crippen molar-refractivity contribution in [2.24, 2.45) is 5.41 Å². The maximum absolute atomic E-state index is 14.4. The fourth-order valence-corrected chi connectivity index (χ4v) is 8.72. The highest BCUT2D eigenvalue weighted by atomic mass is 32.2. The van der Waals surface area contributed by atoms with E-state index in [1.807, 2.05) is 12.1 Å². The van der Waals surface area contributed by atoms with Crippen molar-refractivity contribution >= 4 is 44.3 Å². The van der Waals surface area contributed by atoms with Gasteiger partial charge in [0.05, 0.1) is 11.3 Å². The fourth-order valence-electron chi connectivity index (χ4n) is 7.48. The molecule has 1 aromatic carbocycles. The number of nitrogens with one attached hydrogen (secondary N) is 2. The molecule has 2 fully saturated rings. The first kappa shape index (κ1) is 35.6. The van der Waals surface area contributed by atoms with Gasteiger partial charge in [0.25, 0.3) is 0 Å². The molecule has 0 unspecified atom stereocenters. The number of sulfonamides is 1. The van der Waals surface area contributed by atoms with Crippen molar-refractivity contribution in [3.63, 3.8) is 0 Å². The molecular formula is C35H37F3N8O5S. The molecule has 3 aliphatic rings. The predicted molar refractivity (Wildman–Crippen MR) is 184 cm³/mol. The Hall–Kier alpha value is -4.77. The lowest BCUT2D eigenvalue weighted by atomic mass is 9.97. The number of aromatic nitrogens is 5. The van der Waals surface area contributed by atoms with Crippen LogP contribution in [0.5, 0.6) is 0 Å². The summed E-state index contributed by atoms with van der Waals surface area (Å²) in [5.41, 5.74) is 1.35. The van der Waals surface area contributed by atoms with Crippen molar-refractivity contribution in [3.05, 3.63) is 65.0 Å². The van der Waals surface area contributed by atoms with Crippen LogP contribution in [0.15, 0.2) is 36.7 Å². The SMILES string of the molecule is CC(=O)c1nn2c3c(cc(-c4cnc(C)nc4)cc13)CCCCCS(=O)(=O)NC[C@@]13C[C@@H](C(=O)Nc4nc(C(F)(F)F)ccc4C)N(C(=O)C2)[C@@H]1C3. The Morgan fingerprint density at radius 2 is 1.79 bits per heavy atom. The highest BCUT2D eigenvalue weighted by molar-refractivity contribution is 7.89. The summed E-state index contributed by atoms with van der Waals surface area (Å²) < 4.78 is 70.7. The Bertz CT molecular complexity index is 2220. The third-order valence-corrected chi connectivity index (χ3v) is 11.7. The molecule has 17 heteroatoms. The maximum atomic E-state index is 14.4. The van der Waals surface area contributed by atoms with Crippen LogP contribution < -0.4 is 10.0 Å². The number of hydrogen-bond acceptors (Lipinski definition) is 9. The van der Waals surface area contributed by atoms with Gasteiger partial charge in [0.2, 0.25) is 21.8 Å². The van der Waals surface area contributed by atoms with Crippen LogP contribution in [0.25, 0.3) is 22.0 Å². The van der Waals surface area contributed by atoms with Gasteiger partial charge in [0.15, 0.2) is 5.78 Å². The van der Waals surface area contributed by atoms with Gasteiger partial charge in [-0.15, -0.1) is 0 Å². The van der Waals surface area contributed by atoms with Crippen LogP contribution in [0.1, 0.15) is 72.2 Å².